The predicted octanol–water partition coefficient (Wildman–Crippen LogP) is 4.75. The third-order valence-electron chi connectivity index (χ3n) is 5.45. The third-order valence-corrected chi connectivity index (χ3v) is 5.65. The van der Waals surface area contributed by atoms with Crippen molar-refractivity contribution in [1.82, 2.24) is 16.2 Å². The van der Waals surface area contributed by atoms with E-state index in [4.69, 9.17) is 12.2 Å². The monoisotopic (exact) mass is 508 g/mol. The van der Waals surface area contributed by atoms with Gasteiger partial charge in [-0.05, 0) is 78.0 Å². The Balaban J connectivity index is 1.26. The number of rotatable bonds is 5. The van der Waals surface area contributed by atoms with Crippen LogP contribution in [0.4, 0.5) is 5.69 Å². The zero-order valence-corrected chi connectivity index (χ0v) is 20.8. The zero-order valence-electron chi connectivity index (χ0n) is 19.9. The Labute approximate surface area is 219 Å². The van der Waals surface area contributed by atoms with Crippen molar-refractivity contribution in [2.45, 2.75) is 6.92 Å². The molecule has 4 aromatic carbocycles. The van der Waals surface area contributed by atoms with Crippen LogP contribution >= 0.6 is 12.2 Å². The number of carbonyl (C=O) groups excluding carboxylic acids is 3. The summed E-state index contributed by atoms with van der Waals surface area (Å²) in [6.45, 7) is 1.92. The lowest BCUT2D eigenvalue weighted by Gasteiger charge is -2.10. The van der Waals surface area contributed by atoms with Crippen molar-refractivity contribution in [3.05, 3.63) is 119 Å². The first-order chi connectivity index (χ1) is 17.9. The normalized spacial score (nSPS) is 10.6. The molecule has 0 saturated heterocycles. The Bertz CT molecular complexity index is 1510. The molecule has 184 valence electrons. The fourth-order valence-electron chi connectivity index (χ4n) is 3.63. The van der Waals surface area contributed by atoms with E-state index < -0.39 is 11.8 Å². The summed E-state index contributed by atoms with van der Waals surface area (Å²) in [6, 6.07) is 27.4. The molecule has 0 unspecified atom stereocenters. The highest BCUT2D eigenvalue weighted by Gasteiger charge is 2.09. The Morgan fingerprint density at radius 1 is 0.757 bits per heavy atom. The van der Waals surface area contributed by atoms with Gasteiger partial charge in [0.2, 0.25) is 5.91 Å². The molecule has 4 rings (SSSR count). The second kappa shape index (κ2) is 11.7. The van der Waals surface area contributed by atoms with Crippen molar-refractivity contribution < 1.29 is 14.4 Å². The fourth-order valence-corrected chi connectivity index (χ4v) is 3.78. The second-order valence-electron chi connectivity index (χ2n) is 8.20. The summed E-state index contributed by atoms with van der Waals surface area (Å²) in [4.78, 5) is 37.0. The lowest BCUT2D eigenvalue weighted by Crippen LogP contribution is -2.48. The van der Waals surface area contributed by atoms with E-state index in [9.17, 15) is 14.4 Å². The first kappa shape index (κ1) is 25.3. The van der Waals surface area contributed by atoms with E-state index in [2.05, 4.69) is 21.5 Å². The van der Waals surface area contributed by atoms with E-state index in [1.54, 1.807) is 42.5 Å². The van der Waals surface area contributed by atoms with Crippen molar-refractivity contribution in [3.8, 4) is 0 Å². The van der Waals surface area contributed by atoms with E-state index in [1.807, 2.05) is 61.5 Å². The maximum atomic E-state index is 12.4. The molecule has 37 heavy (non-hydrogen) atoms. The van der Waals surface area contributed by atoms with Gasteiger partial charge in [-0.1, -0.05) is 60.2 Å². The molecule has 0 heterocycles. The minimum atomic E-state index is -0.459. The fraction of sp³-hybridized carbons (Fsp3) is 0.0345. The minimum Gasteiger partial charge on any atom is -0.322 e. The number of benzene rings is 4. The number of hydrazine groups is 1. The molecule has 0 aromatic heterocycles. The van der Waals surface area contributed by atoms with Crippen LogP contribution in [0.15, 0.2) is 97.1 Å². The number of anilines is 1. The smallest absolute Gasteiger partial charge is 0.269 e. The maximum absolute atomic E-state index is 12.4. The molecule has 8 heteroatoms. The standard InChI is InChI=1S/C29H24N4O3S/c1-19-6-4-10-23(18-19)27(35)30-24-15-12-22(13-16-24)28(36)32-33-29(37)31-26(34)17-14-21-9-5-8-20-7-2-3-11-25(20)21/h2-18H,1H3,(H,30,35)(H,32,36)(H2,31,33,34,37). The van der Waals surface area contributed by atoms with Gasteiger partial charge in [-0.2, -0.15) is 0 Å². The topological polar surface area (TPSA) is 99.3 Å². The van der Waals surface area contributed by atoms with E-state index >= 15 is 0 Å². The highest BCUT2D eigenvalue weighted by Crippen LogP contribution is 2.19. The summed E-state index contributed by atoms with van der Waals surface area (Å²) >= 11 is 5.09. The van der Waals surface area contributed by atoms with Crippen LogP contribution in [0.5, 0.6) is 0 Å². The Hall–Kier alpha value is -4.82. The summed E-state index contributed by atoms with van der Waals surface area (Å²) < 4.78 is 0. The molecular formula is C29H24N4O3S. The van der Waals surface area contributed by atoms with Gasteiger partial charge < -0.3 is 5.32 Å². The Morgan fingerprint density at radius 2 is 1.49 bits per heavy atom. The SMILES string of the molecule is Cc1cccc(C(=O)Nc2ccc(C(=O)NNC(=S)NC(=O)C=Cc3cccc4ccccc34)cc2)c1. The van der Waals surface area contributed by atoms with Crippen LogP contribution in [0.3, 0.4) is 0 Å². The number of hydrogen-bond donors (Lipinski definition) is 4. The van der Waals surface area contributed by atoms with Gasteiger partial charge in [-0.3, -0.25) is 30.6 Å². The van der Waals surface area contributed by atoms with Crippen molar-refractivity contribution >= 4 is 57.6 Å². The van der Waals surface area contributed by atoms with Gasteiger partial charge >= 0.3 is 0 Å². The Morgan fingerprint density at radius 3 is 2.27 bits per heavy atom. The van der Waals surface area contributed by atoms with Crippen molar-refractivity contribution in [2.24, 2.45) is 0 Å². The first-order valence-corrected chi connectivity index (χ1v) is 11.8. The van der Waals surface area contributed by atoms with Crippen LogP contribution in [0.2, 0.25) is 0 Å². The highest BCUT2D eigenvalue weighted by molar-refractivity contribution is 7.80. The van der Waals surface area contributed by atoms with Crippen molar-refractivity contribution in [2.75, 3.05) is 5.32 Å². The lowest BCUT2D eigenvalue weighted by molar-refractivity contribution is -0.115. The van der Waals surface area contributed by atoms with Gasteiger partial charge in [0, 0.05) is 22.9 Å². The molecule has 0 spiro atoms. The van der Waals surface area contributed by atoms with Crippen LogP contribution < -0.4 is 21.5 Å². The first-order valence-electron chi connectivity index (χ1n) is 11.4. The van der Waals surface area contributed by atoms with Crippen LogP contribution in [-0.4, -0.2) is 22.8 Å². The zero-order chi connectivity index (χ0) is 26.2. The summed E-state index contributed by atoms with van der Waals surface area (Å²) in [5.74, 6) is -1.13. The molecule has 0 atom stereocenters. The van der Waals surface area contributed by atoms with Gasteiger partial charge in [0.15, 0.2) is 5.11 Å². The van der Waals surface area contributed by atoms with Crippen molar-refractivity contribution in [1.29, 1.82) is 0 Å². The van der Waals surface area contributed by atoms with Crippen LogP contribution in [-0.2, 0) is 4.79 Å². The number of carbonyl (C=O) groups is 3. The largest absolute Gasteiger partial charge is 0.322 e. The second-order valence-corrected chi connectivity index (χ2v) is 8.61. The summed E-state index contributed by atoms with van der Waals surface area (Å²) in [5, 5.41) is 7.34. The predicted molar refractivity (Wildman–Crippen MR) is 150 cm³/mol. The number of amides is 3. The van der Waals surface area contributed by atoms with Gasteiger partial charge in [-0.15, -0.1) is 0 Å². The van der Waals surface area contributed by atoms with Crippen LogP contribution in [0.25, 0.3) is 16.8 Å². The molecule has 3 amide bonds. The molecule has 0 fully saturated rings. The molecule has 7 nitrogen and oxygen atoms in total. The van der Waals surface area contributed by atoms with Gasteiger partial charge in [0.25, 0.3) is 11.8 Å². The van der Waals surface area contributed by atoms with Crippen LogP contribution in [0, 0.1) is 6.92 Å². The highest BCUT2D eigenvalue weighted by atomic mass is 32.1. The van der Waals surface area contributed by atoms with E-state index in [1.165, 1.54) is 6.08 Å². The summed E-state index contributed by atoms with van der Waals surface area (Å²) in [7, 11) is 0. The van der Waals surface area contributed by atoms with Gasteiger partial charge in [-0.25, -0.2) is 0 Å². The quantitative estimate of drug-likeness (QED) is 0.177. The summed E-state index contributed by atoms with van der Waals surface area (Å²) in [5.41, 5.74) is 8.28. The molecule has 0 aliphatic rings. The average Bonchev–Trinajstić information content (AvgIpc) is 2.91. The van der Waals surface area contributed by atoms with Crippen molar-refractivity contribution in [3.63, 3.8) is 0 Å². The Kier molecular flexibility index (Phi) is 8.02. The molecule has 0 aliphatic heterocycles. The van der Waals surface area contributed by atoms with E-state index in [0.717, 1.165) is 21.9 Å². The van der Waals surface area contributed by atoms with E-state index in [-0.39, 0.29) is 11.0 Å². The molecule has 4 N–H and O–H groups in total. The molecule has 0 bridgehead atoms. The minimum absolute atomic E-state index is 0.0528. The number of fused-ring (bicyclic) bond motifs is 1. The van der Waals surface area contributed by atoms with E-state index in [0.29, 0.717) is 16.8 Å². The maximum Gasteiger partial charge on any atom is 0.269 e. The van der Waals surface area contributed by atoms with Gasteiger partial charge in [0.1, 0.15) is 0 Å². The van der Waals surface area contributed by atoms with Gasteiger partial charge in [0.05, 0.1) is 0 Å². The summed E-state index contributed by atoms with van der Waals surface area (Å²) in [6.07, 6.45) is 3.08. The number of thiocarbonyl (C=S) groups is 1. The number of hydrogen-bond acceptors (Lipinski definition) is 4. The molecule has 0 aliphatic carbocycles. The molecule has 0 saturated carbocycles. The van der Waals surface area contributed by atoms with Crippen LogP contribution in [0.1, 0.15) is 31.8 Å². The lowest BCUT2D eigenvalue weighted by atomic mass is 10.0. The number of aryl methyl sites for hydroxylation is 1. The molecular weight excluding hydrogens is 484 g/mol. The molecule has 0 radical (unpaired) electrons. The number of nitrogens with one attached hydrogen (secondary N) is 4. The third kappa shape index (κ3) is 6.87. The average molecular weight is 509 g/mol. The molecule has 4 aromatic rings.